The van der Waals surface area contributed by atoms with Gasteiger partial charge in [0.1, 0.15) is 6.10 Å². The highest BCUT2D eigenvalue weighted by Crippen LogP contribution is 2.31. The van der Waals surface area contributed by atoms with Crippen molar-refractivity contribution in [3.63, 3.8) is 0 Å². The highest BCUT2D eigenvalue weighted by atomic mass is 32.1. The van der Waals surface area contributed by atoms with Crippen LogP contribution in [0.2, 0.25) is 0 Å². The summed E-state index contributed by atoms with van der Waals surface area (Å²) in [6, 6.07) is 4.49. The molecule has 1 aromatic rings. The Morgan fingerprint density at radius 3 is 2.69 bits per heavy atom. The van der Waals surface area contributed by atoms with Gasteiger partial charge in [-0.1, -0.05) is 6.07 Å². The molecule has 2 aliphatic rings. The summed E-state index contributed by atoms with van der Waals surface area (Å²) >= 11 is 1.66. The number of nitrogens with one attached hydrogen (secondary N) is 1. The van der Waals surface area contributed by atoms with Gasteiger partial charge in [-0.25, -0.2) is 4.79 Å². The maximum atomic E-state index is 12.3. The minimum atomic E-state index is -5.08. The molecule has 3 heterocycles. The third-order valence-electron chi connectivity index (χ3n) is 4.80. The van der Waals surface area contributed by atoms with Crippen LogP contribution in [0.25, 0.3) is 0 Å². The van der Waals surface area contributed by atoms with Gasteiger partial charge in [0.25, 0.3) is 0 Å². The number of ether oxygens (including phenoxy) is 2. The topological polar surface area (TPSA) is 88.1 Å². The van der Waals surface area contributed by atoms with Crippen molar-refractivity contribution in [2.45, 2.75) is 50.2 Å². The standard InChI is InChI=1S/C16H24N2O3S.C2HF3O2/c1-20-9-8-18-7-6-14-13(18)4-5-15(21-14)16(19)17-11-12-3-2-10-22-12;3-2(4,5)1(6)7/h2-3,10,13-15H,4-9,11H2,1H3,(H,17,19);(H,6,7)/t13-,14-,15+;/m1./s1. The van der Waals surface area contributed by atoms with Gasteiger partial charge >= 0.3 is 12.1 Å². The molecule has 11 heteroatoms. The number of carbonyl (C=O) groups excluding carboxylic acids is 1. The van der Waals surface area contributed by atoms with Gasteiger partial charge in [0.2, 0.25) is 5.91 Å². The zero-order valence-electron chi connectivity index (χ0n) is 16.0. The maximum Gasteiger partial charge on any atom is 0.490 e. The molecule has 29 heavy (non-hydrogen) atoms. The van der Waals surface area contributed by atoms with Crippen molar-refractivity contribution in [2.75, 3.05) is 26.8 Å². The molecule has 0 bridgehead atoms. The first kappa shape index (κ1) is 23.6. The van der Waals surface area contributed by atoms with E-state index in [1.54, 1.807) is 18.4 Å². The first-order valence-corrected chi connectivity index (χ1v) is 10.1. The number of rotatable bonds is 6. The van der Waals surface area contributed by atoms with Gasteiger partial charge < -0.3 is 19.9 Å². The molecule has 0 saturated carbocycles. The molecule has 1 aromatic heterocycles. The Hall–Kier alpha value is -1.69. The fourth-order valence-corrected chi connectivity index (χ4v) is 4.04. The molecule has 2 N–H and O–H groups in total. The van der Waals surface area contributed by atoms with Crippen LogP contribution in [0.4, 0.5) is 13.2 Å². The van der Waals surface area contributed by atoms with Crippen LogP contribution in [0, 0.1) is 0 Å². The lowest BCUT2D eigenvalue weighted by molar-refractivity contribution is -0.192. The van der Waals surface area contributed by atoms with Crippen molar-refractivity contribution in [1.82, 2.24) is 10.2 Å². The molecule has 2 fully saturated rings. The second kappa shape index (κ2) is 10.9. The fraction of sp³-hybridized carbons (Fsp3) is 0.667. The smallest absolute Gasteiger partial charge is 0.475 e. The number of hydrogen-bond donors (Lipinski definition) is 2. The summed E-state index contributed by atoms with van der Waals surface area (Å²) in [5.41, 5.74) is 0. The lowest BCUT2D eigenvalue weighted by atomic mass is 9.98. The van der Waals surface area contributed by atoms with Crippen molar-refractivity contribution in [3.05, 3.63) is 22.4 Å². The molecule has 0 radical (unpaired) electrons. The molecule has 0 spiro atoms. The van der Waals surface area contributed by atoms with E-state index >= 15 is 0 Å². The molecular weight excluding hydrogens is 413 g/mol. The van der Waals surface area contributed by atoms with Crippen LogP contribution in [0.3, 0.4) is 0 Å². The van der Waals surface area contributed by atoms with Crippen LogP contribution in [-0.2, 0) is 25.6 Å². The van der Waals surface area contributed by atoms with Crippen molar-refractivity contribution in [2.24, 2.45) is 0 Å². The summed E-state index contributed by atoms with van der Waals surface area (Å²) in [5, 5.41) is 12.1. The molecule has 164 valence electrons. The first-order chi connectivity index (χ1) is 13.7. The number of nitrogens with zero attached hydrogens (tertiary/aromatic N) is 1. The number of hydrogen-bond acceptors (Lipinski definition) is 6. The van der Waals surface area contributed by atoms with Crippen LogP contribution in [-0.4, -0.2) is 73.1 Å². The van der Waals surface area contributed by atoms with Crippen molar-refractivity contribution in [3.8, 4) is 0 Å². The molecular formula is C18H25F3N2O5S. The van der Waals surface area contributed by atoms with E-state index in [2.05, 4.69) is 10.2 Å². The fourth-order valence-electron chi connectivity index (χ4n) is 3.40. The minimum absolute atomic E-state index is 0.0298. The molecule has 0 aromatic carbocycles. The number of thiophene rings is 1. The van der Waals surface area contributed by atoms with Gasteiger partial charge in [-0.15, -0.1) is 11.3 Å². The van der Waals surface area contributed by atoms with Crippen LogP contribution in [0.1, 0.15) is 24.1 Å². The van der Waals surface area contributed by atoms with Crippen LogP contribution >= 0.6 is 11.3 Å². The van der Waals surface area contributed by atoms with E-state index in [4.69, 9.17) is 19.4 Å². The molecule has 1 amide bonds. The summed E-state index contributed by atoms with van der Waals surface area (Å²) in [5.74, 6) is -2.73. The maximum absolute atomic E-state index is 12.3. The monoisotopic (exact) mass is 438 g/mol. The number of aliphatic carboxylic acids is 1. The van der Waals surface area contributed by atoms with E-state index in [0.29, 0.717) is 12.6 Å². The Kier molecular flexibility index (Phi) is 8.87. The lowest BCUT2D eigenvalue weighted by Crippen LogP contribution is -2.48. The van der Waals surface area contributed by atoms with Crippen molar-refractivity contribution < 1.29 is 37.3 Å². The second-order valence-corrected chi connectivity index (χ2v) is 7.76. The van der Waals surface area contributed by atoms with Gasteiger partial charge in [0.05, 0.1) is 19.3 Å². The van der Waals surface area contributed by atoms with Crippen molar-refractivity contribution in [1.29, 1.82) is 0 Å². The number of alkyl halides is 3. The van der Waals surface area contributed by atoms with E-state index in [-0.39, 0.29) is 18.1 Å². The number of fused-ring (bicyclic) bond motifs is 1. The van der Waals surface area contributed by atoms with E-state index in [0.717, 1.165) is 39.0 Å². The average Bonchev–Trinajstić information content (AvgIpc) is 3.33. The zero-order valence-corrected chi connectivity index (χ0v) is 16.8. The number of methoxy groups -OCH3 is 1. The Morgan fingerprint density at radius 1 is 1.38 bits per heavy atom. The summed E-state index contributed by atoms with van der Waals surface area (Å²) in [4.78, 5) is 24.8. The molecule has 7 nitrogen and oxygen atoms in total. The summed E-state index contributed by atoms with van der Waals surface area (Å²) in [6.45, 7) is 3.36. The first-order valence-electron chi connectivity index (χ1n) is 9.21. The van der Waals surface area contributed by atoms with E-state index in [1.807, 2.05) is 17.5 Å². The quantitative estimate of drug-likeness (QED) is 0.709. The van der Waals surface area contributed by atoms with Gasteiger partial charge in [-0.3, -0.25) is 9.69 Å². The lowest BCUT2D eigenvalue weighted by Gasteiger charge is -2.35. The minimum Gasteiger partial charge on any atom is -0.475 e. The average molecular weight is 438 g/mol. The predicted octanol–water partition coefficient (Wildman–Crippen LogP) is 2.27. The summed E-state index contributed by atoms with van der Waals surface area (Å²) in [7, 11) is 1.74. The van der Waals surface area contributed by atoms with Crippen molar-refractivity contribution >= 4 is 23.2 Å². The van der Waals surface area contributed by atoms with Gasteiger partial charge in [-0.05, 0) is 30.7 Å². The Labute approximate surface area is 170 Å². The predicted molar refractivity (Wildman–Crippen MR) is 99.6 cm³/mol. The third kappa shape index (κ3) is 7.25. The normalized spacial score (nSPS) is 24.3. The number of carboxylic acids is 1. The van der Waals surface area contributed by atoms with E-state index < -0.39 is 12.1 Å². The number of carboxylic acid groups (broad SMARTS) is 1. The van der Waals surface area contributed by atoms with E-state index in [1.165, 1.54) is 4.88 Å². The number of likely N-dealkylation sites (tertiary alicyclic amines) is 1. The Morgan fingerprint density at radius 2 is 2.10 bits per heavy atom. The molecule has 0 unspecified atom stereocenters. The van der Waals surface area contributed by atoms with Gasteiger partial charge in [0, 0.05) is 31.1 Å². The highest BCUT2D eigenvalue weighted by molar-refractivity contribution is 7.09. The summed E-state index contributed by atoms with van der Waals surface area (Å²) < 4.78 is 43.0. The molecule has 3 rings (SSSR count). The molecule has 3 atom stereocenters. The number of amides is 1. The van der Waals surface area contributed by atoms with Crippen LogP contribution in [0.5, 0.6) is 0 Å². The van der Waals surface area contributed by atoms with Crippen LogP contribution < -0.4 is 5.32 Å². The SMILES string of the molecule is COCCN1CC[C@H]2O[C@H](C(=O)NCc3cccs3)CC[C@H]21.O=C(O)C(F)(F)F. The number of halogens is 3. The molecule has 2 aliphatic heterocycles. The van der Waals surface area contributed by atoms with Crippen LogP contribution in [0.15, 0.2) is 17.5 Å². The Balaban J connectivity index is 0.000000370. The van der Waals surface area contributed by atoms with E-state index in [9.17, 15) is 18.0 Å². The zero-order chi connectivity index (χ0) is 21.4. The second-order valence-electron chi connectivity index (χ2n) is 6.73. The van der Waals surface area contributed by atoms with Gasteiger partial charge in [-0.2, -0.15) is 13.2 Å². The highest BCUT2D eigenvalue weighted by Gasteiger charge is 2.41. The molecule has 0 aliphatic carbocycles. The third-order valence-corrected chi connectivity index (χ3v) is 5.67. The molecule has 2 saturated heterocycles. The summed E-state index contributed by atoms with van der Waals surface area (Å²) in [6.07, 6.45) is -2.32. The Bertz CT molecular complexity index is 656. The largest absolute Gasteiger partial charge is 0.490 e. The van der Waals surface area contributed by atoms with Gasteiger partial charge in [0.15, 0.2) is 0 Å². The number of carbonyl (C=O) groups is 2.